The minimum absolute atomic E-state index is 0.310. The Balaban J connectivity index is 2.41. The van der Waals surface area contributed by atoms with Crippen LogP contribution in [0.25, 0.3) is 0 Å². The summed E-state index contributed by atoms with van der Waals surface area (Å²) in [6.45, 7) is 4.03. The average Bonchev–Trinajstić information content (AvgIpc) is 1.96. The standard InChI is InChI=1S/C7H15NO2/c1-6-4-10-5-7(9)3-8(6)2/h6-7,9H,3-5H2,1-2H3. The summed E-state index contributed by atoms with van der Waals surface area (Å²) < 4.78 is 5.20. The summed E-state index contributed by atoms with van der Waals surface area (Å²) in [5.41, 5.74) is 0. The second-order valence-electron chi connectivity index (χ2n) is 2.98. The third-order valence-corrected chi connectivity index (χ3v) is 1.92. The highest BCUT2D eigenvalue weighted by molar-refractivity contribution is 4.70. The minimum atomic E-state index is -0.310. The average molecular weight is 145 g/mol. The molecular formula is C7H15NO2. The number of hydrogen-bond donors (Lipinski definition) is 1. The zero-order valence-electron chi connectivity index (χ0n) is 6.58. The Morgan fingerprint density at radius 3 is 2.90 bits per heavy atom. The molecule has 3 nitrogen and oxygen atoms in total. The Bertz CT molecular complexity index is 108. The molecule has 0 aromatic rings. The quantitative estimate of drug-likeness (QED) is 0.508. The molecule has 3 heteroatoms. The molecule has 0 aromatic carbocycles. The van der Waals surface area contributed by atoms with E-state index in [9.17, 15) is 5.11 Å². The number of hydrogen-bond acceptors (Lipinski definition) is 3. The normalized spacial score (nSPS) is 37.5. The number of rotatable bonds is 0. The van der Waals surface area contributed by atoms with Gasteiger partial charge in [0.1, 0.15) is 0 Å². The Morgan fingerprint density at radius 1 is 1.50 bits per heavy atom. The zero-order chi connectivity index (χ0) is 7.56. The van der Waals surface area contributed by atoms with Gasteiger partial charge >= 0.3 is 0 Å². The smallest absolute Gasteiger partial charge is 0.0900 e. The van der Waals surface area contributed by atoms with Gasteiger partial charge in [-0.2, -0.15) is 0 Å². The van der Waals surface area contributed by atoms with E-state index < -0.39 is 0 Å². The van der Waals surface area contributed by atoms with Crippen molar-refractivity contribution in [1.29, 1.82) is 0 Å². The van der Waals surface area contributed by atoms with Crippen molar-refractivity contribution in [1.82, 2.24) is 4.90 Å². The maximum absolute atomic E-state index is 9.21. The van der Waals surface area contributed by atoms with Crippen molar-refractivity contribution in [3.8, 4) is 0 Å². The van der Waals surface area contributed by atoms with Crippen LogP contribution in [0, 0.1) is 0 Å². The number of β-amino-alcohol motifs (C(OH)–C–C–N with tert-alkyl or cyclic N) is 1. The number of ether oxygens (including phenoxy) is 1. The molecule has 0 aromatic heterocycles. The predicted octanol–water partition coefficient (Wildman–Crippen LogP) is -0.302. The topological polar surface area (TPSA) is 32.7 Å². The van der Waals surface area contributed by atoms with Gasteiger partial charge < -0.3 is 9.84 Å². The van der Waals surface area contributed by atoms with E-state index in [2.05, 4.69) is 11.8 Å². The molecule has 10 heavy (non-hydrogen) atoms. The van der Waals surface area contributed by atoms with Crippen molar-refractivity contribution in [3.63, 3.8) is 0 Å². The van der Waals surface area contributed by atoms with Gasteiger partial charge in [0, 0.05) is 12.6 Å². The van der Waals surface area contributed by atoms with Gasteiger partial charge in [-0.25, -0.2) is 0 Å². The zero-order valence-corrected chi connectivity index (χ0v) is 6.58. The fourth-order valence-electron chi connectivity index (χ4n) is 1.07. The first-order chi connectivity index (χ1) is 4.70. The summed E-state index contributed by atoms with van der Waals surface area (Å²) in [7, 11) is 2.00. The van der Waals surface area contributed by atoms with Crippen molar-refractivity contribution in [3.05, 3.63) is 0 Å². The summed E-state index contributed by atoms with van der Waals surface area (Å²) >= 11 is 0. The Hall–Kier alpha value is -0.120. The van der Waals surface area contributed by atoms with Gasteiger partial charge in [-0.1, -0.05) is 0 Å². The largest absolute Gasteiger partial charge is 0.389 e. The van der Waals surface area contributed by atoms with Gasteiger partial charge in [0.05, 0.1) is 19.3 Å². The molecule has 60 valence electrons. The van der Waals surface area contributed by atoms with E-state index in [1.165, 1.54) is 0 Å². The summed E-state index contributed by atoms with van der Waals surface area (Å²) in [5.74, 6) is 0. The first-order valence-corrected chi connectivity index (χ1v) is 3.66. The summed E-state index contributed by atoms with van der Waals surface area (Å²) in [4.78, 5) is 2.11. The van der Waals surface area contributed by atoms with Crippen LogP contribution in [-0.2, 0) is 4.74 Å². The number of likely N-dealkylation sites (N-methyl/N-ethyl adjacent to an activating group) is 1. The van der Waals surface area contributed by atoms with Gasteiger partial charge in [-0.3, -0.25) is 4.90 Å². The lowest BCUT2D eigenvalue weighted by atomic mass is 10.3. The molecule has 1 aliphatic heterocycles. The molecule has 2 unspecified atom stereocenters. The van der Waals surface area contributed by atoms with Crippen LogP contribution in [0.5, 0.6) is 0 Å². The second-order valence-corrected chi connectivity index (χ2v) is 2.98. The maximum Gasteiger partial charge on any atom is 0.0900 e. The van der Waals surface area contributed by atoms with E-state index in [0.717, 1.165) is 13.2 Å². The molecule has 1 N–H and O–H groups in total. The van der Waals surface area contributed by atoms with Crippen molar-refractivity contribution in [2.24, 2.45) is 0 Å². The molecule has 0 spiro atoms. The lowest BCUT2D eigenvalue weighted by Gasteiger charge is -2.20. The fraction of sp³-hybridized carbons (Fsp3) is 1.00. The van der Waals surface area contributed by atoms with Crippen LogP contribution >= 0.6 is 0 Å². The fourth-order valence-corrected chi connectivity index (χ4v) is 1.07. The van der Waals surface area contributed by atoms with E-state index in [1.54, 1.807) is 0 Å². The molecule has 1 saturated heterocycles. The summed E-state index contributed by atoms with van der Waals surface area (Å²) in [6, 6.07) is 0.428. The first-order valence-electron chi connectivity index (χ1n) is 3.66. The highest BCUT2D eigenvalue weighted by Crippen LogP contribution is 2.03. The van der Waals surface area contributed by atoms with E-state index >= 15 is 0 Å². The van der Waals surface area contributed by atoms with Crippen LogP contribution in [0.2, 0.25) is 0 Å². The highest BCUT2D eigenvalue weighted by Gasteiger charge is 2.18. The van der Waals surface area contributed by atoms with Crippen LogP contribution in [0.15, 0.2) is 0 Å². The van der Waals surface area contributed by atoms with Crippen molar-refractivity contribution in [2.75, 3.05) is 26.8 Å². The number of aliphatic hydroxyl groups excluding tert-OH is 1. The minimum Gasteiger partial charge on any atom is -0.389 e. The van der Waals surface area contributed by atoms with E-state index in [1.807, 2.05) is 7.05 Å². The highest BCUT2D eigenvalue weighted by atomic mass is 16.5. The van der Waals surface area contributed by atoms with Gasteiger partial charge in [-0.15, -0.1) is 0 Å². The third-order valence-electron chi connectivity index (χ3n) is 1.92. The molecule has 2 atom stereocenters. The SMILES string of the molecule is CC1COCC(O)CN1C. The molecule has 0 bridgehead atoms. The molecule has 1 fully saturated rings. The molecule has 0 saturated carbocycles. The van der Waals surface area contributed by atoms with E-state index in [4.69, 9.17) is 4.74 Å². The van der Waals surface area contributed by atoms with Gasteiger partial charge in [0.25, 0.3) is 0 Å². The second kappa shape index (κ2) is 3.32. The monoisotopic (exact) mass is 145 g/mol. The van der Waals surface area contributed by atoms with Crippen molar-refractivity contribution >= 4 is 0 Å². The van der Waals surface area contributed by atoms with Crippen LogP contribution in [-0.4, -0.2) is 49.0 Å². The van der Waals surface area contributed by atoms with E-state index in [0.29, 0.717) is 12.6 Å². The van der Waals surface area contributed by atoms with Crippen molar-refractivity contribution < 1.29 is 9.84 Å². The lowest BCUT2D eigenvalue weighted by molar-refractivity contribution is 0.0549. The molecule has 1 aliphatic rings. The van der Waals surface area contributed by atoms with Crippen LogP contribution in [0.3, 0.4) is 0 Å². The van der Waals surface area contributed by atoms with Crippen LogP contribution in [0.4, 0.5) is 0 Å². The van der Waals surface area contributed by atoms with Gasteiger partial charge in [0.2, 0.25) is 0 Å². The van der Waals surface area contributed by atoms with Crippen molar-refractivity contribution in [2.45, 2.75) is 19.1 Å². The maximum atomic E-state index is 9.21. The summed E-state index contributed by atoms with van der Waals surface area (Å²) in [5, 5.41) is 9.21. The Morgan fingerprint density at radius 2 is 2.20 bits per heavy atom. The van der Waals surface area contributed by atoms with E-state index in [-0.39, 0.29) is 6.10 Å². The molecular weight excluding hydrogens is 130 g/mol. The van der Waals surface area contributed by atoms with Gasteiger partial charge in [0.15, 0.2) is 0 Å². The number of nitrogens with zero attached hydrogens (tertiary/aromatic N) is 1. The molecule has 0 amide bonds. The Labute approximate surface area is 61.6 Å². The predicted molar refractivity (Wildman–Crippen MR) is 38.9 cm³/mol. The first kappa shape index (κ1) is 7.98. The molecule has 1 rings (SSSR count). The molecule has 0 aliphatic carbocycles. The number of aliphatic hydroxyl groups is 1. The lowest BCUT2D eigenvalue weighted by Crippen LogP contribution is -2.34. The molecule has 1 heterocycles. The summed E-state index contributed by atoms with van der Waals surface area (Å²) in [6.07, 6.45) is -0.310. The van der Waals surface area contributed by atoms with Crippen LogP contribution < -0.4 is 0 Å². The van der Waals surface area contributed by atoms with Crippen LogP contribution in [0.1, 0.15) is 6.92 Å². The molecule has 0 radical (unpaired) electrons. The Kier molecular flexibility index (Phi) is 2.65. The van der Waals surface area contributed by atoms with Gasteiger partial charge in [-0.05, 0) is 14.0 Å². The third kappa shape index (κ3) is 1.94.